The van der Waals surface area contributed by atoms with E-state index in [1.165, 1.54) is 23.5 Å². The molecule has 0 radical (unpaired) electrons. The lowest BCUT2D eigenvalue weighted by Gasteiger charge is -2.02. The zero-order chi connectivity index (χ0) is 21.1. The maximum Gasteiger partial charge on any atom is 0.269 e. The number of nitro benzene ring substituents is 1. The molecule has 4 rings (SSSR count). The molecule has 0 aliphatic heterocycles. The van der Waals surface area contributed by atoms with Gasteiger partial charge in [0, 0.05) is 22.5 Å². The highest BCUT2D eigenvalue weighted by Gasteiger charge is 2.11. The fourth-order valence-electron chi connectivity index (χ4n) is 2.56. The molecule has 7 nitrogen and oxygen atoms in total. The zero-order valence-corrected chi connectivity index (χ0v) is 17.4. The summed E-state index contributed by atoms with van der Waals surface area (Å²) >= 11 is 13.6. The fraction of sp³-hybridized carbons (Fsp3) is 0. The van der Waals surface area contributed by atoms with Crippen molar-refractivity contribution < 1.29 is 9.34 Å². The summed E-state index contributed by atoms with van der Waals surface area (Å²) in [5, 5.41) is 18.2. The molecule has 0 bridgehead atoms. The Morgan fingerprint density at radius 1 is 1.13 bits per heavy atom. The third kappa shape index (κ3) is 4.35. The average molecular weight is 459 g/mol. The second kappa shape index (κ2) is 8.66. The summed E-state index contributed by atoms with van der Waals surface area (Å²) in [6.07, 6.45) is 3.16. The van der Waals surface area contributed by atoms with Gasteiger partial charge in [-0.2, -0.15) is 5.10 Å². The molecule has 0 amide bonds. The van der Waals surface area contributed by atoms with Gasteiger partial charge in [-0.05, 0) is 48.0 Å². The number of furan rings is 1. The Morgan fingerprint density at radius 2 is 1.93 bits per heavy atom. The van der Waals surface area contributed by atoms with E-state index in [9.17, 15) is 10.1 Å². The molecule has 0 unspecified atom stereocenters. The highest BCUT2D eigenvalue weighted by atomic mass is 35.5. The fourth-order valence-corrected chi connectivity index (χ4v) is 3.85. The van der Waals surface area contributed by atoms with Gasteiger partial charge in [-0.1, -0.05) is 23.2 Å². The Balaban J connectivity index is 1.79. The molecule has 0 aliphatic rings. The van der Waals surface area contributed by atoms with Gasteiger partial charge >= 0.3 is 0 Å². The first kappa shape index (κ1) is 20.1. The monoisotopic (exact) mass is 458 g/mol. The maximum absolute atomic E-state index is 10.8. The highest BCUT2D eigenvalue weighted by molar-refractivity contribution is 7.07. The Labute approximate surface area is 184 Å². The van der Waals surface area contributed by atoms with Crippen LogP contribution >= 0.6 is 34.5 Å². The van der Waals surface area contributed by atoms with Crippen molar-refractivity contribution in [1.29, 1.82) is 0 Å². The standard InChI is InChI=1S/C20H12Cl2N4O3S/c21-14-5-8-17(16(22)10-14)24-20-25(18(12-30-20)19-2-1-9-29-19)23-11-13-3-6-15(7-4-13)26(27)28/h1-12H. The van der Waals surface area contributed by atoms with E-state index in [-0.39, 0.29) is 5.69 Å². The van der Waals surface area contributed by atoms with Crippen molar-refractivity contribution >= 4 is 52.1 Å². The molecular formula is C20H12Cl2N4O3S. The molecule has 2 aromatic heterocycles. The molecule has 2 heterocycles. The summed E-state index contributed by atoms with van der Waals surface area (Å²) in [5.41, 5.74) is 1.96. The Bertz CT molecular complexity index is 1290. The van der Waals surface area contributed by atoms with Crippen LogP contribution in [0.3, 0.4) is 0 Å². The van der Waals surface area contributed by atoms with E-state index < -0.39 is 4.92 Å². The number of non-ortho nitro benzene ring substituents is 1. The summed E-state index contributed by atoms with van der Waals surface area (Å²) in [6.45, 7) is 0. The summed E-state index contributed by atoms with van der Waals surface area (Å²) in [4.78, 5) is 15.5. The third-order valence-corrected chi connectivity index (χ3v) is 5.36. The normalized spacial score (nSPS) is 12.0. The number of hydrogen-bond acceptors (Lipinski definition) is 6. The van der Waals surface area contributed by atoms with Crippen LogP contribution in [0.5, 0.6) is 0 Å². The lowest BCUT2D eigenvalue weighted by atomic mass is 10.2. The maximum atomic E-state index is 10.8. The number of nitro groups is 1. The number of thiazole rings is 1. The van der Waals surface area contributed by atoms with E-state index in [1.54, 1.807) is 53.6 Å². The smallest absolute Gasteiger partial charge is 0.269 e. The van der Waals surface area contributed by atoms with Gasteiger partial charge in [0.1, 0.15) is 5.69 Å². The minimum atomic E-state index is -0.448. The topological polar surface area (TPSA) is 85.9 Å². The van der Waals surface area contributed by atoms with Crippen LogP contribution in [0.2, 0.25) is 10.0 Å². The molecule has 0 aliphatic carbocycles. The van der Waals surface area contributed by atoms with Crippen LogP contribution in [0.15, 0.2) is 80.8 Å². The van der Waals surface area contributed by atoms with Gasteiger partial charge in [0.25, 0.3) is 5.69 Å². The van der Waals surface area contributed by atoms with E-state index in [0.717, 1.165) is 0 Å². The van der Waals surface area contributed by atoms with Crippen molar-refractivity contribution in [3.63, 3.8) is 0 Å². The first-order valence-corrected chi connectivity index (χ1v) is 10.2. The molecule has 30 heavy (non-hydrogen) atoms. The van der Waals surface area contributed by atoms with Gasteiger partial charge in [0.05, 0.1) is 28.1 Å². The van der Waals surface area contributed by atoms with Crippen LogP contribution in [0, 0.1) is 10.1 Å². The molecule has 0 atom stereocenters. The van der Waals surface area contributed by atoms with Crippen LogP contribution in [0.4, 0.5) is 11.4 Å². The van der Waals surface area contributed by atoms with Crippen molar-refractivity contribution in [2.75, 3.05) is 0 Å². The van der Waals surface area contributed by atoms with E-state index in [4.69, 9.17) is 27.6 Å². The van der Waals surface area contributed by atoms with E-state index in [2.05, 4.69) is 10.1 Å². The molecule has 150 valence electrons. The number of hydrogen-bond donors (Lipinski definition) is 0. The predicted molar refractivity (Wildman–Crippen MR) is 118 cm³/mol. The van der Waals surface area contributed by atoms with Gasteiger partial charge < -0.3 is 4.42 Å². The second-order valence-corrected chi connectivity index (χ2v) is 7.67. The largest absolute Gasteiger partial charge is 0.463 e. The molecule has 10 heteroatoms. The minimum absolute atomic E-state index is 0.0136. The van der Waals surface area contributed by atoms with Crippen LogP contribution in [0.25, 0.3) is 11.5 Å². The number of benzene rings is 2. The van der Waals surface area contributed by atoms with E-state index in [0.29, 0.717) is 37.6 Å². The summed E-state index contributed by atoms with van der Waals surface area (Å²) < 4.78 is 7.13. The lowest BCUT2D eigenvalue weighted by Crippen LogP contribution is -2.11. The molecule has 0 N–H and O–H groups in total. The Hall–Kier alpha value is -3.20. The number of nitrogens with zero attached hydrogens (tertiary/aromatic N) is 4. The summed E-state index contributed by atoms with van der Waals surface area (Å²) in [7, 11) is 0. The molecular weight excluding hydrogens is 447 g/mol. The van der Waals surface area contributed by atoms with Crippen molar-refractivity contribution in [2.45, 2.75) is 0 Å². The predicted octanol–water partition coefficient (Wildman–Crippen LogP) is 6.14. The van der Waals surface area contributed by atoms with Gasteiger partial charge in [0.2, 0.25) is 4.80 Å². The third-order valence-electron chi connectivity index (χ3n) is 4.01. The van der Waals surface area contributed by atoms with E-state index in [1.807, 2.05) is 11.4 Å². The number of aromatic nitrogens is 1. The molecule has 0 spiro atoms. The highest BCUT2D eigenvalue weighted by Crippen LogP contribution is 2.28. The van der Waals surface area contributed by atoms with Crippen LogP contribution in [-0.4, -0.2) is 15.8 Å². The van der Waals surface area contributed by atoms with E-state index >= 15 is 0 Å². The molecule has 0 fully saturated rings. The molecule has 0 saturated carbocycles. The average Bonchev–Trinajstić information content (AvgIpc) is 3.38. The Kier molecular flexibility index (Phi) is 5.80. The van der Waals surface area contributed by atoms with Crippen LogP contribution in [0.1, 0.15) is 5.56 Å². The zero-order valence-electron chi connectivity index (χ0n) is 15.1. The molecule has 0 saturated heterocycles. The van der Waals surface area contributed by atoms with Gasteiger partial charge in [0.15, 0.2) is 5.76 Å². The second-order valence-electron chi connectivity index (χ2n) is 5.99. The van der Waals surface area contributed by atoms with Crippen molar-refractivity contribution in [3.8, 4) is 11.5 Å². The van der Waals surface area contributed by atoms with Crippen LogP contribution < -0.4 is 4.80 Å². The summed E-state index contributed by atoms with van der Waals surface area (Å²) in [6, 6.07) is 14.7. The quantitative estimate of drug-likeness (QED) is 0.204. The first-order chi connectivity index (χ1) is 14.5. The lowest BCUT2D eigenvalue weighted by molar-refractivity contribution is -0.384. The number of halogens is 2. The van der Waals surface area contributed by atoms with Crippen molar-refractivity contribution in [1.82, 2.24) is 4.68 Å². The first-order valence-electron chi connectivity index (χ1n) is 8.54. The van der Waals surface area contributed by atoms with Crippen LogP contribution in [-0.2, 0) is 0 Å². The van der Waals surface area contributed by atoms with Gasteiger partial charge in [-0.3, -0.25) is 10.1 Å². The number of rotatable bonds is 5. The van der Waals surface area contributed by atoms with Gasteiger partial charge in [-0.25, -0.2) is 9.67 Å². The minimum Gasteiger partial charge on any atom is -0.463 e. The molecule has 2 aromatic carbocycles. The van der Waals surface area contributed by atoms with Crippen molar-refractivity contribution in [2.24, 2.45) is 10.1 Å². The summed E-state index contributed by atoms with van der Waals surface area (Å²) in [5.74, 6) is 0.621. The van der Waals surface area contributed by atoms with Gasteiger partial charge in [-0.15, -0.1) is 11.3 Å². The molecule has 4 aromatic rings. The van der Waals surface area contributed by atoms with Crippen molar-refractivity contribution in [3.05, 3.63) is 96.8 Å². The SMILES string of the molecule is O=[N+]([O-])c1ccc(C=Nn2c(-c3ccco3)csc2=Nc2ccc(Cl)cc2Cl)cc1. The Morgan fingerprint density at radius 3 is 2.60 bits per heavy atom.